The lowest BCUT2D eigenvalue weighted by atomic mass is 9.95. The van der Waals surface area contributed by atoms with Crippen molar-refractivity contribution in [2.24, 2.45) is 0 Å². The van der Waals surface area contributed by atoms with Crippen molar-refractivity contribution in [3.63, 3.8) is 0 Å². The summed E-state index contributed by atoms with van der Waals surface area (Å²) in [5.74, 6) is -0.275. The van der Waals surface area contributed by atoms with Crippen LogP contribution in [0.1, 0.15) is 119 Å². The van der Waals surface area contributed by atoms with Crippen LogP contribution in [-0.2, 0) is 22.4 Å². The highest BCUT2D eigenvalue weighted by Gasteiger charge is 2.27. The number of ether oxygens (including phenoxy) is 1. The van der Waals surface area contributed by atoms with E-state index in [9.17, 15) is 9.59 Å². The van der Waals surface area contributed by atoms with Gasteiger partial charge in [0.1, 0.15) is 5.00 Å². The molecule has 0 saturated carbocycles. The summed E-state index contributed by atoms with van der Waals surface area (Å²) in [5, 5.41) is 3.72. The Morgan fingerprint density at radius 1 is 0.966 bits per heavy atom. The number of thiophene rings is 1. The number of anilines is 1. The molecule has 0 saturated heterocycles. The molecule has 1 aliphatic carbocycles. The predicted molar refractivity (Wildman–Crippen MR) is 122 cm³/mol. The van der Waals surface area contributed by atoms with Gasteiger partial charge in [0.15, 0.2) is 0 Å². The standard InChI is InChI=1S/C24H39NO3S/c1-4-5-6-7-8-9-10-11-12-17-21(26)25-23-22(24(27)28-18(2)3)19-15-13-14-16-20(19)29-23/h18H,4-17H2,1-3H3,(H,25,26). The summed E-state index contributed by atoms with van der Waals surface area (Å²) in [6.07, 6.45) is 15.6. The molecule has 29 heavy (non-hydrogen) atoms. The lowest BCUT2D eigenvalue weighted by Gasteiger charge is -2.14. The fourth-order valence-corrected chi connectivity index (χ4v) is 5.22. The summed E-state index contributed by atoms with van der Waals surface area (Å²) in [4.78, 5) is 26.4. The highest BCUT2D eigenvalue weighted by atomic mass is 32.1. The van der Waals surface area contributed by atoms with Gasteiger partial charge in [-0.25, -0.2) is 4.79 Å². The van der Waals surface area contributed by atoms with Crippen molar-refractivity contribution >= 4 is 28.2 Å². The number of carbonyl (C=O) groups excluding carboxylic acids is 2. The van der Waals surface area contributed by atoms with E-state index in [0.29, 0.717) is 17.0 Å². The predicted octanol–water partition coefficient (Wildman–Crippen LogP) is 7.05. The van der Waals surface area contributed by atoms with Crippen LogP contribution in [0.5, 0.6) is 0 Å². The first-order valence-corrected chi connectivity index (χ1v) is 12.5. The second kappa shape index (κ2) is 13.0. The number of rotatable bonds is 13. The lowest BCUT2D eigenvalue weighted by Crippen LogP contribution is -2.17. The fraction of sp³-hybridized carbons (Fsp3) is 0.750. The third kappa shape index (κ3) is 8.12. The molecular formula is C24H39NO3S. The topological polar surface area (TPSA) is 55.4 Å². The number of nitrogens with one attached hydrogen (secondary N) is 1. The maximum atomic E-state index is 12.7. The van der Waals surface area contributed by atoms with E-state index in [1.165, 1.54) is 49.8 Å². The van der Waals surface area contributed by atoms with Crippen LogP contribution >= 0.6 is 11.3 Å². The number of unbranched alkanes of at least 4 members (excludes halogenated alkanes) is 8. The molecule has 0 fully saturated rings. The van der Waals surface area contributed by atoms with Crippen LogP contribution in [0.4, 0.5) is 5.00 Å². The summed E-state index contributed by atoms with van der Waals surface area (Å²) < 4.78 is 5.46. The minimum atomic E-state index is -0.294. The van der Waals surface area contributed by atoms with Gasteiger partial charge in [0.25, 0.3) is 0 Å². The number of fused-ring (bicyclic) bond motifs is 1. The zero-order valence-corrected chi connectivity index (χ0v) is 19.4. The average Bonchev–Trinajstić information content (AvgIpc) is 3.04. The summed E-state index contributed by atoms with van der Waals surface area (Å²) in [6.45, 7) is 5.96. The minimum Gasteiger partial charge on any atom is -0.459 e. The fourth-order valence-electron chi connectivity index (χ4n) is 3.93. The maximum Gasteiger partial charge on any atom is 0.341 e. The first-order valence-electron chi connectivity index (χ1n) is 11.7. The highest BCUT2D eigenvalue weighted by Crippen LogP contribution is 2.38. The van der Waals surface area contributed by atoms with E-state index < -0.39 is 0 Å². The van der Waals surface area contributed by atoms with E-state index in [-0.39, 0.29) is 18.0 Å². The van der Waals surface area contributed by atoms with Gasteiger partial charge < -0.3 is 10.1 Å². The van der Waals surface area contributed by atoms with Crippen LogP contribution in [0.2, 0.25) is 0 Å². The first-order chi connectivity index (χ1) is 14.0. The quantitative estimate of drug-likeness (QED) is 0.274. The van der Waals surface area contributed by atoms with Gasteiger partial charge in [-0.2, -0.15) is 0 Å². The van der Waals surface area contributed by atoms with E-state index in [0.717, 1.165) is 44.1 Å². The largest absolute Gasteiger partial charge is 0.459 e. The molecule has 4 nitrogen and oxygen atoms in total. The van der Waals surface area contributed by atoms with Gasteiger partial charge >= 0.3 is 5.97 Å². The van der Waals surface area contributed by atoms with Gasteiger partial charge in [0, 0.05) is 11.3 Å². The Bertz CT molecular complexity index is 651. The van der Waals surface area contributed by atoms with Gasteiger partial charge in [-0.1, -0.05) is 58.3 Å². The number of amides is 1. The van der Waals surface area contributed by atoms with Crippen LogP contribution in [0.15, 0.2) is 0 Å². The zero-order valence-electron chi connectivity index (χ0n) is 18.6. The third-order valence-corrected chi connectivity index (χ3v) is 6.69. The van der Waals surface area contributed by atoms with E-state index >= 15 is 0 Å². The summed E-state index contributed by atoms with van der Waals surface area (Å²) in [6, 6.07) is 0. The molecule has 0 radical (unpaired) electrons. The molecule has 1 aromatic heterocycles. The van der Waals surface area contributed by atoms with Gasteiger partial charge in [-0.3, -0.25) is 4.79 Å². The third-order valence-electron chi connectivity index (χ3n) is 5.48. The van der Waals surface area contributed by atoms with Crippen molar-refractivity contribution in [3.8, 4) is 0 Å². The van der Waals surface area contributed by atoms with E-state index in [1.54, 1.807) is 11.3 Å². The number of aryl methyl sites for hydroxylation is 1. The molecule has 164 valence electrons. The van der Waals surface area contributed by atoms with Crippen molar-refractivity contribution in [1.82, 2.24) is 0 Å². The second-order valence-corrected chi connectivity index (χ2v) is 9.60. The molecule has 0 bridgehead atoms. The van der Waals surface area contributed by atoms with E-state index in [2.05, 4.69) is 12.2 Å². The van der Waals surface area contributed by atoms with Crippen molar-refractivity contribution in [2.75, 3.05) is 5.32 Å². The first kappa shape index (κ1) is 23.9. The molecule has 0 spiro atoms. The van der Waals surface area contributed by atoms with Gasteiger partial charge in [0.2, 0.25) is 5.91 Å². The molecular weight excluding hydrogens is 382 g/mol. The Hall–Kier alpha value is -1.36. The number of esters is 1. The van der Waals surface area contributed by atoms with Crippen molar-refractivity contribution in [3.05, 3.63) is 16.0 Å². The summed E-state index contributed by atoms with van der Waals surface area (Å²) in [7, 11) is 0. The van der Waals surface area contributed by atoms with Crippen molar-refractivity contribution < 1.29 is 14.3 Å². The SMILES string of the molecule is CCCCCCCCCCCC(=O)Nc1sc2c(c1C(=O)OC(C)C)CCCC2. The van der Waals surface area contributed by atoms with Crippen LogP contribution in [0.3, 0.4) is 0 Å². The molecule has 1 N–H and O–H groups in total. The molecule has 1 heterocycles. The maximum absolute atomic E-state index is 12.7. The molecule has 1 aromatic rings. The Labute approximate surface area is 180 Å². The van der Waals surface area contributed by atoms with E-state index in [4.69, 9.17) is 4.74 Å². The Kier molecular flexibility index (Phi) is 10.8. The van der Waals surface area contributed by atoms with Gasteiger partial charge in [-0.05, 0) is 51.5 Å². The number of carbonyl (C=O) groups is 2. The smallest absolute Gasteiger partial charge is 0.341 e. The van der Waals surface area contributed by atoms with E-state index in [1.807, 2.05) is 13.8 Å². The summed E-state index contributed by atoms with van der Waals surface area (Å²) in [5.41, 5.74) is 1.71. The zero-order chi connectivity index (χ0) is 21.1. The molecule has 1 amide bonds. The number of hydrogen-bond donors (Lipinski definition) is 1. The van der Waals surface area contributed by atoms with Crippen LogP contribution < -0.4 is 5.32 Å². The Balaban J connectivity index is 1.80. The lowest BCUT2D eigenvalue weighted by molar-refractivity contribution is -0.116. The van der Waals surface area contributed by atoms with Gasteiger partial charge in [0.05, 0.1) is 11.7 Å². The van der Waals surface area contributed by atoms with Crippen LogP contribution in [0, 0.1) is 0 Å². The van der Waals surface area contributed by atoms with Gasteiger partial charge in [-0.15, -0.1) is 11.3 Å². The monoisotopic (exact) mass is 421 g/mol. The minimum absolute atomic E-state index is 0.0186. The molecule has 0 aliphatic heterocycles. The molecule has 2 rings (SSSR count). The normalized spacial score (nSPS) is 13.4. The molecule has 5 heteroatoms. The number of hydrogen-bond acceptors (Lipinski definition) is 4. The average molecular weight is 422 g/mol. The van der Waals surface area contributed by atoms with Crippen molar-refractivity contribution in [2.45, 2.75) is 117 Å². The molecule has 1 aliphatic rings. The Morgan fingerprint density at radius 2 is 1.59 bits per heavy atom. The second-order valence-electron chi connectivity index (χ2n) is 8.50. The molecule has 0 aromatic carbocycles. The Morgan fingerprint density at radius 3 is 2.24 bits per heavy atom. The van der Waals surface area contributed by atoms with Crippen LogP contribution in [-0.4, -0.2) is 18.0 Å². The molecule has 0 unspecified atom stereocenters. The highest BCUT2D eigenvalue weighted by molar-refractivity contribution is 7.17. The van der Waals surface area contributed by atoms with Crippen LogP contribution in [0.25, 0.3) is 0 Å². The van der Waals surface area contributed by atoms with Crippen molar-refractivity contribution in [1.29, 1.82) is 0 Å². The molecule has 0 atom stereocenters. The summed E-state index contributed by atoms with van der Waals surface area (Å²) >= 11 is 1.57.